The molecule has 3 nitrogen and oxygen atoms in total. The van der Waals surface area contributed by atoms with E-state index in [0.29, 0.717) is 16.3 Å². The van der Waals surface area contributed by atoms with Gasteiger partial charge in [0, 0.05) is 11.1 Å². The molecule has 0 amide bonds. The maximum atomic E-state index is 10.6. The van der Waals surface area contributed by atoms with Crippen LogP contribution in [0.1, 0.15) is 5.56 Å². The summed E-state index contributed by atoms with van der Waals surface area (Å²) in [6.07, 6.45) is -0.0849. The maximum absolute atomic E-state index is 10.6. The lowest BCUT2D eigenvalue weighted by molar-refractivity contribution is -0.136. The van der Waals surface area contributed by atoms with E-state index >= 15 is 0 Å². The molecule has 1 rings (SSSR count). The average molecular weight is 261 g/mol. The van der Waals surface area contributed by atoms with Crippen molar-refractivity contribution in [3.05, 3.63) is 40.4 Å². The van der Waals surface area contributed by atoms with E-state index in [1.165, 1.54) is 5.54 Å². The minimum atomic E-state index is -0.907. The number of hydrogen-bond acceptors (Lipinski definition) is 2. The van der Waals surface area contributed by atoms with Crippen LogP contribution in [-0.4, -0.2) is 17.7 Å². The molecule has 0 spiro atoms. The highest BCUT2D eigenvalue weighted by Gasteiger charge is 2.07. The lowest BCUT2D eigenvalue weighted by Gasteiger charge is -2.09. The molecule has 0 radical (unpaired) electrons. The first-order valence-corrected chi connectivity index (χ1v) is 5.32. The molecule has 1 aromatic rings. The van der Waals surface area contributed by atoms with Crippen molar-refractivity contribution in [1.82, 2.24) is 0 Å². The predicted octanol–water partition coefficient (Wildman–Crippen LogP) is 3.01. The highest BCUT2D eigenvalue weighted by atomic mass is 35.5. The fourth-order valence-corrected chi connectivity index (χ4v) is 1.25. The van der Waals surface area contributed by atoms with Crippen molar-refractivity contribution in [3.63, 3.8) is 0 Å². The summed E-state index contributed by atoms with van der Waals surface area (Å²) in [7, 11) is 0. The second kappa shape index (κ2) is 6.40. The molecule has 1 aromatic carbocycles. The van der Waals surface area contributed by atoms with E-state index in [0.717, 1.165) is 0 Å². The van der Waals surface area contributed by atoms with Gasteiger partial charge in [0.25, 0.3) is 0 Å². The number of para-hydroxylation sites is 1. The number of carboxylic acids is 1. The Bertz CT molecular complexity index is 402. The highest BCUT2D eigenvalue weighted by Crippen LogP contribution is 2.19. The number of ether oxygens (including phenoxy) is 1. The SMILES string of the molecule is O=C(O)Cc1ccccc1OC/C(Cl)=C/Cl. The van der Waals surface area contributed by atoms with E-state index in [4.69, 9.17) is 33.0 Å². The number of hydrogen-bond donors (Lipinski definition) is 1. The molecule has 1 N–H and O–H groups in total. The molecule has 0 unspecified atom stereocenters. The standard InChI is InChI=1S/C11H10Cl2O3/c12-6-9(13)7-16-10-4-2-1-3-8(10)5-11(14)15/h1-4,6H,5,7H2,(H,14,15)/b9-6-. The minimum absolute atomic E-state index is 0.0849. The number of rotatable bonds is 5. The number of benzene rings is 1. The van der Waals surface area contributed by atoms with Crippen LogP contribution in [0.25, 0.3) is 0 Å². The van der Waals surface area contributed by atoms with Gasteiger partial charge in [-0.2, -0.15) is 0 Å². The van der Waals surface area contributed by atoms with Crippen LogP contribution in [0.2, 0.25) is 0 Å². The Balaban J connectivity index is 2.74. The summed E-state index contributed by atoms with van der Waals surface area (Å²) in [5, 5.41) is 9.05. The first-order valence-electron chi connectivity index (χ1n) is 4.50. The monoisotopic (exact) mass is 260 g/mol. The Morgan fingerprint density at radius 3 is 2.75 bits per heavy atom. The Morgan fingerprint density at radius 2 is 2.12 bits per heavy atom. The smallest absolute Gasteiger partial charge is 0.307 e. The second-order valence-corrected chi connectivity index (χ2v) is 3.73. The van der Waals surface area contributed by atoms with Gasteiger partial charge in [0.15, 0.2) is 0 Å². The lowest BCUT2D eigenvalue weighted by Crippen LogP contribution is -2.04. The number of carbonyl (C=O) groups is 1. The van der Waals surface area contributed by atoms with E-state index < -0.39 is 5.97 Å². The first kappa shape index (κ1) is 12.9. The van der Waals surface area contributed by atoms with E-state index in [1.807, 2.05) is 0 Å². The van der Waals surface area contributed by atoms with E-state index in [1.54, 1.807) is 24.3 Å². The van der Waals surface area contributed by atoms with Gasteiger partial charge in [-0.05, 0) is 6.07 Å². The molecule has 5 heteroatoms. The van der Waals surface area contributed by atoms with Crippen molar-refractivity contribution >= 4 is 29.2 Å². The average Bonchev–Trinajstić information content (AvgIpc) is 2.26. The Labute approximate surface area is 103 Å². The maximum Gasteiger partial charge on any atom is 0.307 e. The molecule has 0 aliphatic heterocycles. The lowest BCUT2D eigenvalue weighted by atomic mass is 10.1. The molecule has 86 valence electrons. The third-order valence-corrected chi connectivity index (χ3v) is 2.39. The molecule has 0 bridgehead atoms. The third-order valence-electron chi connectivity index (χ3n) is 1.80. The quantitative estimate of drug-likeness (QED) is 0.886. The fourth-order valence-electron chi connectivity index (χ4n) is 1.13. The van der Waals surface area contributed by atoms with Crippen LogP contribution < -0.4 is 4.74 Å². The van der Waals surface area contributed by atoms with Gasteiger partial charge < -0.3 is 9.84 Å². The van der Waals surface area contributed by atoms with Gasteiger partial charge >= 0.3 is 5.97 Å². The summed E-state index contributed by atoms with van der Waals surface area (Å²) in [6, 6.07) is 6.90. The van der Waals surface area contributed by atoms with Crippen LogP contribution >= 0.6 is 23.2 Å². The van der Waals surface area contributed by atoms with Gasteiger partial charge in [0.05, 0.1) is 11.5 Å². The van der Waals surface area contributed by atoms with Crippen molar-refractivity contribution in [2.45, 2.75) is 6.42 Å². The van der Waals surface area contributed by atoms with Crippen LogP contribution in [0.3, 0.4) is 0 Å². The van der Waals surface area contributed by atoms with Crippen LogP contribution in [0.5, 0.6) is 5.75 Å². The molecule has 0 aliphatic carbocycles. The summed E-state index contributed by atoms with van der Waals surface area (Å²) in [4.78, 5) is 10.6. The van der Waals surface area contributed by atoms with Gasteiger partial charge in [-0.1, -0.05) is 41.4 Å². The largest absolute Gasteiger partial charge is 0.488 e. The van der Waals surface area contributed by atoms with Crippen molar-refractivity contribution in [3.8, 4) is 5.75 Å². The normalized spacial score (nSPS) is 11.2. The van der Waals surface area contributed by atoms with E-state index in [2.05, 4.69) is 0 Å². The number of halogens is 2. The highest BCUT2D eigenvalue weighted by molar-refractivity contribution is 6.36. The summed E-state index contributed by atoms with van der Waals surface area (Å²) >= 11 is 11.0. The summed E-state index contributed by atoms with van der Waals surface area (Å²) in [6.45, 7) is 0.127. The molecular weight excluding hydrogens is 251 g/mol. The van der Waals surface area contributed by atoms with Gasteiger partial charge in [-0.15, -0.1) is 0 Å². The molecule has 0 aromatic heterocycles. The van der Waals surface area contributed by atoms with Crippen molar-refractivity contribution < 1.29 is 14.6 Å². The molecule has 0 saturated carbocycles. The summed E-state index contributed by atoms with van der Waals surface area (Å²) in [5.41, 5.74) is 1.82. The predicted molar refractivity (Wildman–Crippen MR) is 63.1 cm³/mol. The van der Waals surface area contributed by atoms with Crippen LogP contribution in [0, 0.1) is 0 Å². The van der Waals surface area contributed by atoms with Gasteiger partial charge in [0.1, 0.15) is 12.4 Å². The zero-order chi connectivity index (χ0) is 12.0. The molecular formula is C11H10Cl2O3. The van der Waals surface area contributed by atoms with E-state index in [9.17, 15) is 4.79 Å². The molecule has 0 saturated heterocycles. The fraction of sp³-hybridized carbons (Fsp3) is 0.182. The topological polar surface area (TPSA) is 46.5 Å². The van der Waals surface area contributed by atoms with Crippen molar-refractivity contribution in [2.75, 3.05) is 6.61 Å². The van der Waals surface area contributed by atoms with E-state index in [-0.39, 0.29) is 13.0 Å². The van der Waals surface area contributed by atoms with Gasteiger partial charge in [-0.3, -0.25) is 4.79 Å². The second-order valence-electron chi connectivity index (χ2n) is 3.02. The Morgan fingerprint density at radius 1 is 1.44 bits per heavy atom. The molecule has 0 fully saturated rings. The molecule has 0 heterocycles. The van der Waals surface area contributed by atoms with Gasteiger partial charge in [-0.25, -0.2) is 0 Å². The zero-order valence-electron chi connectivity index (χ0n) is 8.32. The number of aliphatic carboxylic acids is 1. The van der Waals surface area contributed by atoms with Crippen LogP contribution in [-0.2, 0) is 11.2 Å². The summed E-state index contributed by atoms with van der Waals surface area (Å²) < 4.78 is 5.34. The molecule has 16 heavy (non-hydrogen) atoms. The van der Waals surface area contributed by atoms with Crippen LogP contribution in [0.15, 0.2) is 34.8 Å². The van der Waals surface area contributed by atoms with Crippen molar-refractivity contribution in [2.24, 2.45) is 0 Å². The Kier molecular flexibility index (Phi) is 5.15. The zero-order valence-corrected chi connectivity index (χ0v) is 9.83. The van der Waals surface area contributed by atoms with Crippen LogP contribution in [0.4, 0.5) is 0 Å². The first-order chi connectivity index (χ1) is 7.63. The minimum Gasteiger partial charge on any atom is -0.488 e. The third kappa shape index (κ3) is 4.13. The Hall–Kier alpha value is -1.19. The molecule has 0 atom stereocenters. The van der Waals surface area contributed by atoms with Gasteiger partial charge in [0.2, 0.25) is 0 Å². The number of carboxylic acid groups (broad SMARTS) is 1. The van der Waals surface area contributed by atoms with Crippen molar-refractivity contribution in [1.29, 1.82) is 0 Å². The molecule has 0 aliphatic rings. The summed E-state index contributed by atoms with van der Waals surface area (Å²) in [5.74, 6) is -0.406.